The molecule has 9 nitrogen and oxygen atoms in total. The summed E-state index contributed by atoms with van der Waals surface area (Å²) in [6.07, 6.45) is 17.0. The Morgan fingerprint density at radius 2 is 1.76 bits per heavy atom. The van der Waals surface area contributed by atoms with Crippen molar-refractivity contribution in [1.82, 2.24) is 4.72 Å². The molecule has 0 aromatic carbocycles. The molecule has 34 heavy (non-hydrogen) atoms. The van der Waals surface area contributed by atoms with Crippen molar-refractivity contribution in [3.63, 3.8) is 0 Å². The number of nitrogens with one attached hydrogen (secondary N) is 1. The Bertz CT molecular complexity index is 1120. The summed E-state index contributed by atoms with van der Waals surface area (Å²) in [6, 6.07) is -0.467. The Kier molecular flexibility index (Phi) is 5.61. The van der Waals surface area contributed by atoms with Gasteiger partial charge in [-0.15, -0.1) is 0 Å². The van der Waals surface area contributed by atoms with Gasteiger partial charge in [-0.3, -0.25) is 9.59 Å². The van der Waals surface area contributed by atoms with Crippen LogP contribution in [0.5, 0.6) is 0 Å². The summed E-state index contributed by atoms with van der Waals surface area (Å²) in [6.45, 7) is 0.189. The van der Waals surface area contributed by atoms with Crippen LogP contribution in [0.4, 0.5) is 0 Å². The summed E-state index contributed by atoms with van der Waals surface area (Å²) in [5.41, 5.74) is 11.8. The van der Waals surface area contributed by atoms with Gasteiger partial charge in [-0.2, -0.15) is 4.99 Å². The Morgan fingerprint density at radius 3 is 2.29 bits per heavy atom. The van der Waals surface area contributed by atoms with Crippen LogP contribution in [-0.4, -0.2) is 49.4 Å². The number of amidine groups is 1. The molecule has 2 atom stereocenters. The van der Waals surface area contributed by atoms with Crippen LogP contribution in [-0.2, 0) is 19.6 Å². The zero-order valence-corrected chi connectivity index (χ0v) is 20.4. The number of hydrogen-bond donors (Lipinski definition) is 3. The molecule has 0 spiro atoms. The van der Waals surface area contributed by atoms with Gasteiger partial charge in [-0.1, -0.05) is 0 Å². The van der Waals surface area contributed by atoms with Crippen molar-refractivity contribution >= 4 is 27.7 Å². The second-order valence-corrected chi connectivity index (χ2v) is 13.0. The third-order valence-electron chi connectivity index (χ3n) is 8.50. The van der Waals surface area contributed by atoms with Crippen molar-refractivity contribution in [3.8, 4) is 0 Å². The molecule has 0 radical (unpaired) electrons. The fourth-order valence-electron chi connectivity index (χ4n) is 7.79. The highest BCUT2D eigenvalue weighted by atomic mass is 32.2. The Hall–Kier alpha value is -2.30. The molecule has 4 saturated carbocycles. The maximum absolute atomic E-state index is 12.4. The fourth-order valence-corrected chi connectivity index (χ4v) is 8.59. The van der Waals surface area contributed by atoms with Crippen molar-refractivity contribution in [2.75, 3.05) is 12.8 Å². The van der Waals surface area contributed by atoms with E-state index in [4.69, 9.17) is 11.5 Å². The Balaban J connectivity index is 1.43. The van der Waals surface area contributed by atoms with Crippen molar-refractivity contribution in [2.24, 2.45) is 39.6 Å². The number of fused-ring (bicyclic) bond motifs is 1. The van der Waals surface area contributed by atoms with Crippen LogP contribution in [0.15, 0.2) is 40.8 Å². The number of allylic oxidation sites excluding steroid dienone is 2. The zero-order chi connectivity index (χ0) is 24.3. The second-order valence-electron chi connectivity index (χ2n) is 11.2. The van der Waals surface area contributed by atoms with Crippen LogP contribution in [0.2, 0.25) is 0 Å². The number of primary amides is 2. The van der Waals surface area contributed by atoms with E-state index in [1.54, 1.807) is 18.2 Å². The molecule has 0 aromatic rings. The van der Waals surface area contributed by atoms with Crippen molar-refractivity contribution in [1.29, 1.82) is 0 Å². The highest BCUT2D eigenvalue weighted by molar-refractivity contribution is 7.88. The predicted octanol–water partition coefficient (Wildman–Crippen LogP) is 1.40. The molecule has 2 heterocycles. The summed E-state index contributed by atoms with van der Waals surface area (Å²) in [5, 5.41) is 0. The standard InChI is InChI=1S/C24H33N5O4S/c1-34(32,33)28-18(5-6-24-10-15-7-16(11-24)9-17(8-15)12-24)13-29-14-19(22(25)30)27-21(29)4-2-3-20(29)23(26)31/h2-4,14-18,28H,5-13H2,1H3,(H3-,25,26,30,31)/p+1. The summed E-state index contributed by atoms with van der Waals surface area (Å²) in [7, 11) is -3.52. The summed E-state index contributed by atoms with van der Waals surface area (Å²) in [5.74, 6) is 1.49. The first kappa shape index (κ1) is 23.4. The van der Waals surface area contributed by atoms with Gasteiger partial charge in [-0.05, 0) is 80.6 Å². The van der Waals surface area contributed by atoms with Gasteiger partial charge in [0.25, 0.3) is 5.91 Å². The third-order valence-corrected chi connectivity index (χ3v) is 9.26. The first-order chi connectivity index (χ1) is 16.0. The normalized spacial score (nSPS) is 36.5. The molecule has 2 unspecified atom stereocenters. The highest BCUT2D eigenvalue weighted by Crippen LogP contribution is 2.61. The van der Waals surface area contributed by atoms with E-state index in [0.717, 1.165) is 30.4 Å². The molecule has 4 bridgehead atoms. The smallest absolute Gasteiger partial charge is 0.303 e. The maximum atomic E-state index is 12.4. The number of aliphatic imine (C=N–C) groups is 1. The minimum atomic E-state index is -3.52. The van der Waals surface area contributed by atoms with E-state index in [1.165, 1.54) is 44.7 Å². The quantitative estimate of drug-likeness (QED) is 0.421. The highest BCUT2D eigenvalue weighted by Gasteiger charge is 2.52. The summed E-state index contributed by atoms with van der Waals surface area (Å²) in [4.78, 5) is 28.7. The Morgan fingerprint density at radius 1 is 1.15 bits per heavy atom. The first-order valence-electron chi connectivity index (χ1n) is 12.1. The number of nitrogens with zero attached hydrogens (tertiary/aromatic N) is 2. The number of quaternary nitrogens is 1. The lowest BCUT2D eigenvalue weighted by molar-refractivity contribution is -0.740. The minimum absolute atomic E-state index is 0.0351. The lowest BCUT2D eigenvalue weighted by Crippen LogP contribution is -2.56. The molecule has 184 valence electrons. The van der Waals surface area contributed by atoms with E-state index in [9.17, 15) is 18.0 Å². The zero-order valence-electron chi connectivity index (χ0n) is 19.6. The number of amides is 2. The molecule has 2 amide bonds. The van der Waals surface area contributed by atoms with Crippen LogP contribution in [0.1, 0.15) is 51.4 Å². The number of carbonyl (C=O) groups excluding carboxylic acids is 2. The van der Waals surface area contributed by atoms with E-state index in [-0.39, 0.29) is 27.8 Å². The van der Waals surface area contributed by atoms with Crippen molar-refractivity contribution < 1.29 is 22.5 Å². The summed E-state index contributed by atoms with van der Waals surface area (Å²) < 4.78 is 27.2. The van der Waals surface area contributed by atoms with Gasteiger partial charge in [-0.25, -0.2) is 17.6 Å². The van der Waals surface area contributed by atoms with Gasteiger partial charge in [0, 0.05) is 12.2 Å². The van der Waals surface area contributed by atoms with Gasteiger partial charge in [0.2, 0.25) is 21.6 Å². The van der Waals surface area contributed by atoms with Crippen LogP contribution in [0, 0.1) is 23.2 Å². The number of carbonyl (C=O) groups is 2. The van der Waals surface area contributed by atoms with Gasteiger partial charge in [0.1, 0.15) is 12.7 Å². The second kappa shape index (κ2) is 8.13. The van der Waals surface area contributed by atoms with Gasteiger partial charge < -0.3 is 11.5 Å². The average Bonchev–Trinajstić information content (AvgIpc) is 3.09. The molecule has 4 aliphatic carbocycles. The van der Waals surface area contributed by atoms with Crippen LogP contribution in [0.25, 0.3) is 0 Å². The van der Waals surface area contributed by atoms with Crippen LogP contribution in [0.3, 0.4) is 0 Å². The van der Waals surface area contributed by atoms with Gasteiger partial charge >= 0.3 is 5.91 Å². The molecular formula is C24H34N5O4S+. The molecule has 4 fully saturated rings. The fraction of sp³-hybridized carbons (Fsp3) is 0.625. The molecule has 0 saturated heterocycles. The molecule has 2 aliphatic heterocycles. The van der Waals surface area contributed by atoms with E-state index in [1.807, 2.05) is 0 Å². The van der Waals surface area contributed by atoms with Crippen molar-refractivity contribution in [3.05, 3.63) is 35.8 Å². The third kappa shape index (κ3) is 4.27. The molecule has 10 heteroatoms. The van der Waals surface area contributed by atoms with E-state index in [0.29, 0.717) is 12.3 Å². The minimum Gasteiger partial charge on any atom is -0.364 e. The topological polar surface area (TPSA) is 145 Å². The van der Waals surface area contributed by atoms with E-state index in [2.05, 4.69) is 9.71 Å². The molecule has 6 aliphatic rings. The maximum Gasteiger partial charge on any atom is 0.303 e. The number of sulfonamides is 1. The lowest BCUT2D eigenvalue weighted by Gasteiger charge is -2.57. The first-order valence-corrected chi connectivity index (χ1v) is 14.0. The van der Waals surface area contributed by atoms with E-state index >= 15 is 0 Å². The van der Waals surface area contributed by atoms with Crippen LogP contribution >= 0.6 is 0 Å². The Labute approximate surface area is 200 Å². The van der Waals surface area contributed by atoms with Gasteiger partial charge in [0.15, 0.2) is 5.70 Å². The lowest BCUT2D eigenvalue weighted by atomic mass is 9.48. The summed E-state index contributed by atoms with van der Waals surface area (Å²) >= 11 is 0. The van der Waals surface area contributed by atoms with Gasteiger partial charge in [0.05, 0.1) is 12.3 Å². The van der Waals surface area contributed by atoms with Crippen molar-refractivity contribution in [2.45, 2.75) is 57.4 Å². The molecule has 0 aromatic heterocycles. The number of rotatable bonds is 9. The predicted molar refractivity (Wildman–Crippen MR) is 128 cm³/mol. The van der Waals surface area contributed by atoms with Crippen LogP contribution < -0.4 is 16.2 Å². The largest absolute Gasteiger partial charge is 0.364 e. The molecular weight excluding hydrogens is 454 g/mol. The number of nitrogens with two attached hydrogens (primary N) is 2. The molecule has 6 rings (SSSR count). The average molecular weight is 489 g/mol. The molecule has 5 N–H and O–H groups in total. The monoisotopic (exact) mass is 488 g/mol. The van der Waals surface area contributed by atoms with E-state index < -0.39 is 27.9 Å². The SMILES string of the molecule is CS(=O)(=O)NC(CCC12CC3CC(CC(C3)C1)C2)C[N+]12C=C(C(N)=O)N=C1C=CC=C2C(N)=O. The number of hydrogen-bond acceptors (Lipinski definition) is 5.